The Hall–Kier alpha value is -5.43. The molecule has 6 aromatic rings. The SMILES string of the molecule is C=C(C(c1ccccc1)c1ccccc1)N1CCN(c2ccc3c(NS(=O)(=O)c4ccc(NCCSc5ccccc5)c(NO)c4)noc3c2)CC1. The van der Waals surface area contributed by atoms with E-state index in [1.54, 1.807) is 17.8 Å². The lowest BCUT2D eigenvalue weighted by Crippen LogP contribution is -2.46. The molecule has 7 rings (SSSR count). The van der Waals surface area contributed by atoms with E-state index in [4.69, 9.17) is 4.52 Å². The van der Waals surface area contributed by atoms with Crippen molar-refractivity contribution in [1.82, 2.24) is 10.1 Å². The molecule has 1 aliphatic heterocycles. The Kier molecular flexibility index (Phi) is 10.7. The van der Waals surface area contributed by atoms with Crippen LogP contribution in [0, 0.1) is 0 Å². The molecule has 0 radical (unpaired) electrons. The summed E-state index contributed by atoms with van der Waals surface area (Å²) in [4.78, 5) is 5.77. The van der Waals surface area contributed by atoms with Crippen molar-refractivity contribution in [1.29, 1.82) is 0 Å². The summed E-state index contributed by atoms with van der Waals surface area (Å²) in [7, 11) is -4.06. The second kappa shape index (κ2) is 15.9. The second-order valence-electron chi connectivity index (χ2n) is 12.4. The third-order valence-electron chi connectivity index (χ3n) is 9.19. The largest absolute Gasteiger partial charge is 0.382 e. The van der Waals surface area contributed by atoms with Crippen LogP contribution in [0.15, 0.2) is 154 Å². The number of nitrogens with one attached hydrogen (secondary N) is 3. The van der Waals surface area contributed by atoms with E-state index in [0.717, 1.165) is 48.2 Å². The van der Waals surface area contributed by atoms with Gasteiger partial charge >= 0.3 is 0 Å². The maximum Gasteiger partial charge on any atom is 0.263 e. The fourth-order valence-corrected chi connectivity index (χ4v) is 8.32. The third-order valence-corrected chi connectivity index (χ3v) is 11.5. The number of piperazine rings is 1. The molecule has 1 fully saturated rings. The van der Waals surface area contributed by atoms with E-state index >= 15 is 0 Å². The number of thioether (sulfide) groups is 1. The number of aromatic nitrogens is 1. The van der Waals surface area contributed by atoms with Gasteiger partial charge in [0.05, 0.1) is 21.7 Å². The molecule has 0 spiro atoms. The van der Waals surface area contributed by atoms with Gasteiger partial charge in [-0.1, -0.05) is 90.6 Å². The van der Waals surface area contributed by atoms with Gasteiger partial charge in [-0.15, -0.1) is 11.8 Å². The number of nitrogens with zero attached hydrogens (tertiary/aromatic N) is 3. The molecule has 4 N–H and O–H groups in total. The van der Waals surface area contributed by atoms with E-state index in [1.807, 2.05) is 60.7 Å². The van der Waals surface area contributed by atoms with Crippen molar-refractivity contribution in [3.05, 3.63) is 151 Å². The molecular formula is C40H40N6O4S2. The first kappa shape index (κ1) is 35.0. The molecule has 0 unspecified atom stereocenters. The minimum Gasteiger partial charge on any atom is -0.382 e. The maximum atomic E-state index is 13.4. The van der Waals surface area contributed by atoms with E-state index < -0.39 is 10.0 Å². The lowest BCUT2D eigenvalue weighted by molar-refractivity contribution is 0.309. The Morgan fingerprint density at radius 1 is 0.827 bits per heavy atom. The Bertz CT molecular complexity index is 2190. The molecule has 2 heterocycles. The van der Waals surface area contributed by atoms with E-state index in [-0.39, 0.29) is 22.3 Å². The number of hydrogen-bond donors (Lipinski definition) is 4. The molecule has 0 saturated carbocycles. The van der Waals surface area contributed by atoms with E-state index in [2.05, 4.69) is 85.6 Å². The van der Waals surface area contributed by atoms with Crippen LogP contribution < -0.4 is 20.4 Å². The van der Waals surface area contributed by atoms with Crippen LogP contribution in [-0.4, -0.2) is 62.2 Å². The van der Waals surface area contributed by atoms with Gasteiger partial charge in [-0.05, 0) is 53.6 Å². The fourth-order valence-electron chi connectivity index (χ4n) is 6.49. The van der Waals surface area contributed by atoms with Crippen molar-refractivity contribution in [2.24, 2.45) is 0 Å². The predicted molar refractivity (Wildman–Crippen MR) is 210 cm³/mol. The van der Waals surface area contributed by atoms with Gasteiger partial charge < -0.3 is 19.6 Å². The molecule has 0 atom stereocenters. The zero-order valence-electron chi connectivity index (χ0n) is 28.5. The minimum atomic E-state index is -4.06. The average molecular weight is 733 g/mol. The number of anilines is 4. The van der Waals surface area contributed by atoms with Crippen molar-refractivity contribution < 1.29 is 18.1 Å². The smallest absolute Gasteiger partial charge is 0.263 e. The van der Waals surface area contributed by atoms with Crippen molar-refractivity contribution in [2.45, 2.75) is 15.7 Å². The first-order valence-electron chi connectivity index (χ1n) is 17.1. The van der Waals surface area contributed by atoms with Crippen LogP contribution in [-0.2, 0) is 10.0 Å². The first-order valence-corrected chi connectivity index (χ1v) is 19.5. The monoisotopic (exact) mass is 732 g/mol. The van der Waals surface area contributed by atoms with Gasteiger partial charge in [-0.2, -0.15) is 0 Å². The van der Waals surface area contributed by atoms with Gasteiger partial charge in [0, 0.05) is 66.7 Å². The van der Waals surface area contributed by atoms with Gasteiger partial charge in [0.2, 0.25) is 0 Å². The van der Waals surface area contributed by atoms with E-state index in [9.17, 15) is 13.6 Å². The molecule has 10 nitrogen and oxygen atoms in total. The van der Waals surface area contributed by atoms with Gasteiger partial charge in [-0.3, -0.25) is 15.4 Å². The average Bonchev–Trinajstić information content (AvgIpc) is 3.58. The summed E-state index contributed by atoms with van der Waals surface area (Å²) in [6.45, 7) is 8.36. The molecule has 266 valence electrons. The third kappa shape index (κ3) is 7.89. The number of rotatable bonds is 14. The standard InChI is InChI=1S/C40H40N6O4S2/c1-29(39(30-11-5-2-6-12-30)31-13-7-3-8-14-31)45-22-24-46(25-23-45)32-17-19-35-38(27-32)50-43-40(35)44-52(48,49)34-18-20-36(37(28-34)42-47)41-21-26-51-33-15-9-4-10-16-33/h2-20,27-28,39,41-42,47H,1,21-26H2,(H,43,44). The molecule has 0 bridgehead atoms. The summed E-state index contributed by atoms with van der Waals surface area (Å²) in [5, 5.41) is 17.6. The van der Waals surface area contributed by atoms with Crippen molar-refractivity contribution >= 4 is 55.6 Å². The van der Waals surface area contributed by atoms with Crippen molar-refractivity contribution in [3.8, 4) is 0 Å². The first-order chi connectivity index (χ1) is 25.4. The molecule has 52 heavy (non-hydrogen) atoms. The van der Waals surface area contributed by atoms with Crippen LogP contribution in [0.4, 0.5) is 22.9 Å². The summed E-state index contributed by atoms with van der Waals surface area (Å²) >= 11 is 1.70. The molecule has 0 aliphatic carbocycles. The summed E-state index contributed by atoms with van der Waals surface area (Å²) in [6, 6.07) is 41.2. The highest BCUT2D eigenvalue weighted by Gasteiger charge is 2.26. The summed E-state index contributed by atoms with van der Waals surface area (Å²) in [5.41, 5.74) is 7.87. The predicted octanol–water partition coefficient (Wildman–Crippen LogP) is 8.10. The van der Waals surface area contributed by atoms with E-state index in [1.165, 1.54) is 23.3 Å². The van der Waals surface area contributed by atoms with E-state index in [0.29, 0.717) is 23.2 Å². The molecule has 5 aromatic carbocycles. The highest BCUT2D eigenvalue weighted by atomic mass is 32.2. The molecule has 1 saturated heterocycles. The zero-order valence-corrected chi connectivity index (χ0v) is 30.1. The second-order valence-corrected chi connectivity index (χ2v) is 15.3. The van der Waals surface area contributed by atoms with Gasteiger partial charge in [0.1, 0.15) is 0 Å². The van der Waals surface area contributed by atoms with Crippen LogP contribution in [0.2, 0.25) is 0 Å². The van der Waals surface area contributed by atoms with Gasteiger partial charge in [0.15, 0.2) is 11.4 Å². The van der Waals surface area contributed by atoms with Crippen LogP contribution >= 0.6 is 11.8 Å². The van der Waals surface area contributed by atoms with Crippen molar-refractivity contribution in [2.75, 3.05) is 58.9 Å². The highest BCUT2D eigenvalue weighted by Crippen LogP contribution is 2.35. The summed E-state index contributed by atoms with van der Waals surface area (Å²) < 4.78 is 35.0. The zero-order chi connectivity index (χ0) is 35.9. The molecule has 1 aromatic heterocycles. The van der Waals surface area contributed by atoms with Crippen LogP contribution in [0.1, 0.15) is 17.0 Å². The van der Waals surface area contributed by atoms with Gasteiger partial charge in [-0.25, -0.2) is 8.42 Å². The van der Waals surface area contributed by atoms with Crippen LogP contribution in [0.3, 0.4) is 0 Å². The Balaban J connectivity index is 0.985. The minimum absolute atomic E-state index is 0.0396. The van der Waals surface area contributed by atoms with Gasteiger partial charge in [0.25, 0.3) is 10.0 Å². The number of sulfonamides is 1. The fraction of sp³-hybridized carbons (Fsp3) is 0.175. The van der Waals surface area contributed by atoms with Crippen molar-refractivity contribution in [3.63, 3.8) is 0 Å². The molecule has 1 aliphatic rings. The summed E-state index contributed by atoms with van der Waals surface area (Å²) in [6.07, 6.45) is 0. The topological polar surface area (TPSA) is 123 Å². The quantitative estimate of drug-likeness (QED) is 0.0497. The Labute approximate surface area is 308 Å². The summed E-state index contributed by atoms with van der Waals surface area (Å²) in [5.74, 6) is 0.944. The lowest BCUT2D eigenvalue weighted by atomic mass is 9.88. The Morgan fingerprint density at radius 2 is 1.48 bits per heavy atom. The highest BCUT2D eigenvalue weighted by molar-refractivity contribution is 7.99. The number of allylic oxidation sites excluding steroid dienone is 1. The number of benzene rings is 5. The number of hydrogen-bond acceptors (Lipinski definition) is 10. The number of fused-ring (bicyclic) bond motifs is 1. The molecule has 12 heteroatoms. The molecule has 0 amide bonds. The van der Waals surface area contributed by atoms with Crippen LogP contribution in [0.5, 0.6) is 0 Å². The maximum absolute atomic E-state index is 13.4. The van der Waals surface area contributed by atoms with Crippen LogP contribution in [0.25, 0.3) is 11.0 Å². The molecular weight excluding hydrogens is 693 g/mol. The Morgan fingerprint density at radius 3 is 2.13 bits per heavy atom. The lowest BCUT2D eigenvalue weighted by Gasteiger charge is -2.40. The normalized spacial score (nSPS) is 13.3.